The van der Waals surface area contributed by atoms with Gasteiger partial charge in [-0.25, -0.2) is 0 Å². The third-order valence-electron chi connectivity index (χ3n) is 3.98. The van der Waals surface area contributed by atoms with E-state index >= 15 is 0 Å². The Morgan fingerprint density at radius 3 is 2.76 bits per heavy atom. The Balaban J connectivity index is 1.95. The molecule has 0 aliphatic carbocycles. The molecule has 0 aromatic heterocycles. The zero-order valence-electron chi connectivity index (χ0n) is 11.2. The molecule has 1 N–H and O–H groups in total. The van der Waals surface area contributed by atoms with Crippen molar-refractivity contribution >= 4 is 17.7 Å². The van der Waals surface area contributed by atoms with Crippen LogP contribution in [0, 0.1) is 11.8 Å². The zero-order chi connectivity index (χ0) is 12.5. The summed E-state index contributed by atoms with van der Waals surface area (Å²) in [6.07, 6.45) is 1.11. The Hall–Kier alpha value is -0.220. The van der Waals surface area contributed by atoms with E-state index in [1.54, 1.807) is 0 Å². The van der Waals surface area contributed by atoms with Crippen LogP contribution in [0.5, 0.6) is 0 Å². The predicted molar refractivity (Wildman–Crippen MR) is 73.3 cm³/mol. The van der Waals surface area contributed by atoms with Crippen LogP contribution in [0.1, 0.15) is 27.2 Å². The minimum atomic E-state index is 0.209. The van der Waals surface area contributed by atoms with Crippen molar-refractivity contribution in [2.45, 2.75) is 31.9 Å². The van der Waals surface area contributed by atoms with E-state index in [1.807, 2.05) is 11.8 Å². The lowest BCUT2D eigenvalue weighted by molar-refractivity contribution is -0.135. The van der Waals surface area contributed by atoms with E-state index in [4.69, 9.17) is 0 Å². The maximum absolute atomic E-state index is 12.5. The summed E-state index contributed by atoms with van der Waals surface area (Å²) >= 11 is 2.00. The molecule has 0 saturated carbocycles. The fourth-order valence-corrected chi connectivity index (χ4v) is 3.72. The normalized spacial score (nSPS) is 33.5. The molecule has 2 aliphatic heterocycles. The lowest BCUT2D eigenvalue weighted by Gasteiger charge is -2.26. The van der Waals surface area contributed by atoms with Crippen LogP contribution >= 0.6 is 11.8 Å². The zero-order valence-corrected chi connectivity index (χ0v) is 12.0. The molecule has 2 rings (SSSR count). The second-order valence-electron chi connectivity index (χ2n) is 5.93. The maximum Gasteiger partial charge on any atom is 0.227 e. The number of hydrogen-bond donors (Lipinski definition) is 1. The highest BCUT2D eigenvalue weighted by Gasteiger charge is 2.34. The van der Waals surface area contributed by atoms with Crippen molar-refractivity contribution in [3.63, 3.8) is 0 Å². The number of nitrogens with one attached hydrogen (secondary N) is 1. The number of carbonyl (C=O) groups is 1. The molecule has 98 valence electrons. The van der Waals surface area contributed by atoms with E-state index in [9.17, 15) is 4.79 Å². The van der Waals surface area contributed by atoms with E-state index in [-0.39, 0.29) is 5.92 Å². The van der Waals surface area contributed by atoms with E-state index in [0.717, 1.165) is 38.4 Å². The molecule has 17 heavy (non-hydrogen) atoms. The quantitative estimate of drug-likeness (QED) is 0.773. The van der Waals surface area contributed by atoms with Crippen LogP contribution < -0.4 is 5.32 Å². The van der Waals surface area contributed by atoms with Gasteiger partial charge in [0.1, 0.15) is 0 Å². The first-order chi connectivity index (χ1) is 7.99. The first-order valence-corrected chi connectivity index (χ1v) is 7.62. The van der Waals surface area contributed by atoms with E-state index in [2.05, 4.69) is 31.0 Å². The van der Waals surface area contributed by atoms with E-state index in [1.165, 1.54) is 0 Å². The van der Waals surface area contributed by atoms with Gasteiger partial charge in [0.15, 0.2) is 0 Å². The third-order valence-corrected chi connectivity index (χ3v) is 5.36. The van der Waals surface area contributed by atoms with Crippen LogP contribution in [0.2, 0.25) is 0 Å². The molecule has 2 aliphatic rings. The molecule has 3 nitrogen and oxygen atoms in total. The molecule has 0 aromatic carbocycles. The number of nitrogens with zero attached hydrogens (tertiary/aromatic N) is 1. The smallest absolute Gasteiger partial charge is 0.227 e. The van der Waals surface area contributed by atoms with Crippen molar-refractivity contribution in [3.05, 3.63) is 0 Å². The van der Waals surface area contributed by atoms with Gasteiger partial charge in [-0.05, 0) is 18.9 Å². The molecule has 0 spiro atoms. The maximum atomic E-state index is 12.5. The molecule has 2 heterocycles. The Morgan fingerprint density at radius 2 is 2.12 bits per heavy atom. The van der Waals surface area contributed by atoms with Crippen LogP contribution in [0.15, 0.2) is 0 Å². The van der Waals surface area contributed by atoms with Crippen LogP contribution in [0.3, 0.4) is 0 Å². The third kappa shape index (κ3) is 3.16. The van der Waals surface area contributed by atoms with Gasteiger partial charge in [-0.2, -0.15) is 11.8 Å². The summed E-state index contributed by atoms with van der Waals surface area (Å²) in [6.45, 7) is 10.5. The first-order valence-electron chi connectivity index (χ1n) is 6.63. The lowest BCUT2D eigenvalue weighted by Crippen LogP contribution is -2.40. The highest BCUT2D eigenvalue weighted by molar-refractivity contribution is 8.00. The molecule has 0 radical (unpaired) electrons. The molecule has 2 fully saturated rings. The number of carbonyl (C=O) groups excluding carboxylic acids is 1. The van der Waals surface area contributed by atoms with Crippen LogP contribution in [0.4, 0.5) is 0 Å². The monoisotopic (exact) mass is 256 g/mol. The summed E-state index contributed by atoms with van der Waals surface area (Å²) in [5.41, 5.74) is 0. The van der Waals surface area contributed by atoms with Gasteiger partial charge < -0.3 is 10.2 Å². The number of amides is 1. The standard InChI is InChI=1S/C13H24N2OS/c1-10-8-14-9-11(10)12(16)15-5-4-13(2,3)17-7-6-15/h10-11,14H,4-9H2,1-3H3. The van der Waals surface area contributed by atoms with Crippen molar-refractivity contribution in [1.82, 2.24) is 10.2 Å². The Labute approximate surface area is 109 Å². The first kappa shape index (κ1) is 13.2. The van der Waals surface area contributed by atoms with Gasteiger partial charge in [0.2, 0.25) is 5.91 Å². The van der Waals surface area contributed by atoms with Gasteiger partial charge in [-0.1, -0.05) is 20.8 Å². The molecule has 0 aromatic rings. The Morgan fingerprint density at radius 1 is 1.35 bits per heavy atom. The van der Waals surface area contributed by atoms with Crippen LogP contribution in [-0.2, 0) is 4.79 Å². The average molecular weight is 256 g/mol. The summed E-state index contributed by atoms with van der Waals surface area (Å²) in [4.78, 5) is 14.5. The van der Waals surface area contributed by atoms with Gasteiger partial charge in [0.25, 0.3) is 0 Å². The topological polar surface area (TPSA) is 32.3 Å². The molecule has 2 saturated heterocycles. The van der Waals surface area contributed by atoms with E-state index < -0.39 is 0 Å². The highest BCUT2D eigenvalue weighted by atomic mass is 32.2. The SMILES string of the molecule is CC1CNCC1C(=O)N1CCSC(C)(C)CC1. The van der Waals surface area contributed by atoms with Crippen molar-refractivity contribution in [3.8, 4) is 0 Å². The molecular formula is C13H24N2OS. The van der Waals surface area contributed by atoms with Gasteiger partial charge in [-0.15, -0.1) is 0 Å². The fourth-order valence-electron chi connectivity index (χ4n) is 2.62. The molecular weight excluding hydrogens is 232 g/mol. The van der Waals surface area contributed by atoms with Crippen molar-refractivity contribution in [1.29, 1.82) is 0 Å². The van der Waals surface area contributed by atoms with Gasteiger partial charge >= 0.3 is 0 Å². The molecule has 2 atom stereocenters. The second kappa shape index (κ2) is 5.19. The van der Waals surface area contributed by atoms with Gasteiger partial charge in [0.05, 0.1) is 5.92 Å². The average Bonchev–Trinajstić information content (AvgIpc) is 2.59. The summed E-state index contributed by atoms with van der Waals surface area (Å²) in [7, 11) is 0. The molecule has 1 amide bonds. The fraction of sp³-hybridized carbons (Fsp3) is 0.923. The largest absolute Gasteiger partial charge is 0.342 e. The Bertz CT molecular complexity index is 293. The molecule has 2 unspecified atom stereocenters. The minimum Gasteiger partial charge on any atom is -0.342 e. The van der Waals surface area contributed by atoms with Crippen LogP contribution in [-0.4, -0.2) is 47.5 Å². The summed E-state index contributed by atoms with van der Waals surface area (Å²) in [6, 6.07) is 0. The van der Waals surface area contributed by atoms with Gasteiger partial charge in [-0.3, -0.25) is 4.79 Å². The predicted octanol–water partition coefficient (Wildman–Crippen LogP) is 1.59. The minimum absolute atomic E-state index is 0.209. The summed E-state index contributed by atoms with van der Waals surface area (Å²) in [5.74, 6) is 2.15. The molecule has 0 bridgehead atoms. The highest BCUT2D eigenvalue weighted by Crippen LogP contribution is 2.31. The van der Waals surface area contributed by atoms with E-state index in [0.29, 0.717) is 16.6 Å². The molecule has 4 heteroatoms. The van der Waals surface area contributed by atoms with Crippen LogP contribution in [0.25, 0.3) is 0 Å². The lowest BCUT2D eigenvalue weighted by atomic mass is 9.96. The number of rotatable bonds is 1. The van der Waals surface area contributed by atoms with Crippen molar-refractivity contribution in [2.24, 2.45) is 11.8 Å². The summed E-state index contributed by atoms with van der Waals surface area (Å²) < 4.78 is 0.328. The second-order valence-corrected chi connectivity index (χ2v) is 7.73. The van der Waals surface area contributed by atoms with Crippen molar-refractivity contribution < 1.29 is 4.79 Å². The summed E-state index contributed by atoms with van der Waals surface area (Å²) in [5, 5.41) is 3.32. The number of hydrogen-bond acceptors (Lipinski definition) is 3. The van der Waals surface area contributed by atoms with Crippen molar-refractivity contribution in [2.75, 3.05) is 31.9 Å². The number of thioether (sulfide) groups is 1. The van der Waals surface area contributed by atoms with Gasteiger partial charge in [0, 0.05) is 30.1 Å². The Kier molecular flexibility index (Phi) is 4.03.